The molecule has 1 heterocycles. The van der Waals surface area contributed by atoms with Gasteiger partial charge in [0, 0.05) is 12.0 Å². The van der Waals surface area contributed by atoms with Crippen molar-refractivity contribution >= 4 is 57.7 Å². The summed E-state index contributed by atoms with van der Waals surface area (Å²) in [6, 6.07) is 7.53. The number of esters is 3. The number of alkyl halides is 2. The molecular weight excluding hydrogens is 769 g/mol. The van der Waals surface area contributed by atoms with E-state index in [0.717, 1.165) is 31.3 Å². The molecule has 19 heteroatoms. The third kappa shape index (κ3) is 12.2. The van der Waals surface area contributed by atoms with Crippen LogP contribution >= 0.6 is 23.2 Å². The number of halogens is 4. The highest BCUT2D eigenvalue weighted by Gasteiger charge is 2.28. The summed E-state index contributed by atoms with van der Waals surface area (Å²) in [5, 5.41) is 11.7. The van der Waals surface area contributed by atoms with Crippen molar-refractivity contribution in [3.63, 3.8) is 0 Å². The second-order valence-corrected chi connectivity index (χ2v) is 14.4. The maximum absolute atomic E-state index is 13.2. The molecule has 1 aliphatic rings. The second-order valence-electron chi connectivity index (χ2n) is 12.7. The van der Waals surface area contributed by atoms with Crippen LogP contribution in [0.5, 0.6) is 17.2 Å². The van der Waals surface area contributed by atoms with Crippen LogP contribution in [-0.4, -0.2) is 65.4 Å². The number of benzene rings is 2. The standard InChI is InChI=1S/C34H36Cl2F2N2O12S/c1-34(2,3)52-30(41)16-40(53(45)46)25-11-21(8-9-26(25)47-4)32(43)49-18-31(42)50-28(13-22-23(35)14-39(44)15-24(22)36)20-7-10-27(51-33(37)38)29(12-20)48-17-19-5-6-19/h7-12,14-15,19,28,33,53H,5-6,13,16-18H2,1-4H3. The number of hydrogen-bond donors (Lipinski definition) is 1. The van der Waals surface area contributed by atoms with E-state index < -0.39 is 60.3 Å². The number of hydrogen-bond acceptors (Lipinski definition) is 12. The fourth-order valence-corrected chi connectivity index (χ4v) is 5.97. The summed E-state index contributed by atoms with van der Waals surface area (Å²) in [6.07, 6.45) is 2.45. The minimum Gasteiger partial charge on any atom is -0.619 e. The van der Waals surface area contributed by atoms with E-state index in [-0.39, 0.29) is 68.6 Å². The monoisotopic (exact) mass is 804 g/mol. The van der Waals surface area contributed by atoms with E-state index in [4.69, 9.17) is 46.9 Å². The fourth-order valence-electron chi connectivity index (χ4n) is 4.81. The molecule has 14 nitrogen and oxygen atoms in total. The lowest BCUT2D eigenvalue weighted by Crippen LogP contribution is -2.34. The minimum atomic E-state index is -3.42. The summed E-state index contributed by atoms with van der Waals surface area (Å²) in [5.41, 5.74) is -0.849. The first-order valence-corrected chi connectivity index (χ1v) is 17.8. The Morgan fingerprint density at radius 1 is 1.00 bits per heavy atom. The largest absolute Gasteiger partial charge is 0.619 e. The smallest absolute Gasteiger partial charge is 0.387 e. The van der Waals surface area contributed by atoms with Crippen molar-refractivity contribution in [1.82, 2.24) is 0 Å². The zero-order chi connectivity index (χ0) is 39.0. The molecule has 53 heavy (non-hydrogen) atoms. The highest BCUT2D eigenvalue weighted by molar-refractivity contribution is 7.74. The van der Waals surface area contributed by atoms with Crippen molar-refractivity contribution in [2.45, 2.75) is 58.4 Å². The van der Waals surface area contributed by atoms with Gasteiger partial charge in [0.05, 0.1) is 25.0 Å². The van der Waals surface area contributed by atoms with Gasteiger partial charge < -0.3 is 33.6 Å². The first-order chi connectivity index (χ1) is 24.9. The molecule has 0 N–H and O–H groups in total. The van der Waals surface area contributed by atoms with Crippen molar-refractivity contribution in [3.8, 4) is 17.2 Å². The number of aromatic nitrogens is 1. The molecule has 0 aliphatic heterocycles. The first kappa shape index (κ1) is 41.2. The predicted octanol–water partition coefficient (Wildman–Crippen LogP) is 5.38. The van der Waals surface area contributed by atoms with E-state index >= 15 is 0 Å². The van der Waals surface area contributed by atoms with Gasteiger partial charge in [0.15, 0.2) is 30.5 Å². The zero-order valence-electron chi connectivity index (χ0n) is 28.8. The van der Waals surface area contributed by atoms with E-state index in [1.54, 1.807) is 20.8 Å². The van der Waals surface area contributed by atoms with Gasteiger partial charge in [0.1, 0.15) is 34.0 Å². The molecule has 1 saturated carbocycles. The Bertz CT molecular complexity index is 1870. The van der Waals surface area contributed by atoms with Crippen LogP contribution in [0, 0.1) is 11.1 Å². The van der Waals surface area contributed by atoms with Crippen LogP contribution in [0.15, 0.2) is 48.8 Å². The number of carbonyl (C=O) groups excluding carboxylic acids is 3. The Morgan fingerprint density at radius 3 is 2.25 bits per heavy atom. The highest BCUT2D eigenvalue weighted by atomic mass is 35.5. The Hall–Kier alpha value is -4.61. The third-order valence-corrected chi connectivity index (χ3v) is 8.76. The number of nitrogens with zero attached hydrogens (tertiary/aromatic N) is 2. The first-order valence-electron chi connectivity index (χ1n) is 15.9. The number of pyridine rings is 1. The number of carbonyl (C=O) groups is 3. The Balaban J connectivity index is 1.56. The maximum atomic E-state index is 13.2. The number of thiol groups is 1. The normalized spacial score (nSPS) is 13.3. The second kappa shape index (κ2) is 17.9. The molecule has 1 unspecified atom stereocenters. The van der Waals surface area contributed by atoms with Crippen molar-refractivity contribution < 1.29 is 64.7 Å². The predicted molar refractivity (Wildman–Crippen MR) is 186 cm³/mol. The van der Waals surface area contributed by atoms with Crippen LogP contribution in [0.1, 0.15) is 61.2 Å². The highest BCUT2D eigenvalue weighted by Crippen LogP contribution is 2.38. The van der Waals surface area contributed by atoms with Crippen molar-refractivity contribution in [2.75, 3.05) is 31.2 Å². The molecule has 1 aliphatic carbocycles. The molecule has 0 bridgehead atoms. The van der Waals surface area contributed by atoms with Crippen LogP contribution in [0.3, 0.4) is 0 Å². The van der Waals surface area contributed by atoms with Crippen molar-refractivity contribution in [3.05, 3.63) is 80.7 Å². The maximum Gasteiger partial charge on any atom is 0.387 e. The summed E-state index contributed by atoms with van der Waals surface area (Å²) < 4.78 is 83.4. The van der Waals surface area contributed by atoms with Gasteiger partial charge in [-0.05, 0) is 75.4 Å². The van der Waals surface area contributed by atoms with E-state index in [2.05, 4.69) is 4.74 Å². The quantitative estimate of drug-likeness (QED) is 0.0608. The molecule has 0 amide bonds. The van der Waals surface area contributed by atoms with Gasteiger partial charge in [-0.25, -0.2) is 18.0 Å². The van der Waals surface area contributed by atoms with Crippen LogP contribution in [-0.2, 0) is 41.1 Å². The number of anilines is 1. The topological polar surface area (TPSA) is 171 Å². The van der Waals surface area contributed by atoms with E-state index in [9.17, 15) is 36.8 Å². The molecule has 0 saturated heterocycles. The van der Waals surface area contributed by atoms with Crippen LogP contribution < -0.4 is 23.2 Å². The van der Waals surface area contributed by atoms with Gasteiger partial charge in [-0.1, -0.05) is 29.3 Å². The lowest BCUT2D eigenvalue weighted by Gasteiger charge is -2.24. The SMILES string of the molecule is COc1ccc(C(=O)OCC(=O)OC(Cc2c(Cl)c[n+]([O-])cc2Cl)c2ccc(OC(F)F)c(OCC3CC3)c2)cc1N(CC(=O)OC(C)(C)C)[SH](=O)=O. The summed E-state index contributed by atoms with van der Waals surface area (Å²) in [6.45, 7) is 0.234. The van der Waals surface area contributed by atoms with Gasteiger partial charge >= 0.3 is 24.5 Å². The molecule has 0 radical (unpaired) electrons. The minimum absolute atomic E-state index is 0.00209. The molecule has 1 aromatic heterocycles. The fraction of sp³-hybridized carbons (Fsp3) is 0.412. The van der Waals surface area contributed by atoms with Gasteiger partial charge in [0.25, 0.3) is 0 Å². The lowest BCUT2D eigenvalue weighted by molar-refractivity contribution is -0.605. The molecule has 4 rings (SSSR count). The summed E-state index contributed by atoms with van der Waals surface area (Å²) in [7, 11) is -2.17. The number of ether oxygens (including phenoxy) is 6. The van der Waals surface area contributed by atoms with Gasteiger partial charge in [0.2, 0.25) is 10.9 Å². The van der Waals surface area contributed by atoms with E-state index in [0.29, 0.717) is 9.04 Å². The average Bonchev–Trinajstić information content (AvgIpc) is 3.90. The van der Waals surface area contributed by atoms with E-state index in [1.165, 1.54) is 37.4 Å². The van der Waals surface area contributed by atoms with Gasteiger partial charge in [-0.2, -0.15) is 13.5 Å². The lowest BCUT2D eigenvalue weighted by atomic mass is 10.0. The van der Waals surface area contributed by atoms with Crippen LogP contribution in [0.25, 0.3) is 0 Å². The zero-order valence-corrected chi connectivity index (χ0v) is 31.3. The Morgan fingerprint density at radius 2 is 1.66 bits per heavy atom. The number of rotatable bonds is 17. The van der Waals surface area contributed by atoms with Gasteiger partial charge in [-0.15, -0.1) is 0 Å². The third-order valence-electron chi connectivity index (χ3n) is 7.36. The Labute approximate surface area is 315 Å². The van der Waals surface area contributed by atoms with Crippen LogP contribution in [0.4, 0.5) is 14.5 Å². The van der Waals surface area contributed by atoms with Crippen molar-refractivity contribution in [2.24, 2.45) is 5.92 Å². The molecule has 1 fully saturated rings. The summed E-state index contributed by atoms with van der Waals surface area (Å²) in [5.74, 6) is -3.05. The summed E-state index contributed by atoms with van der Waals surface area (Å²) >= 11 is 12.6. The average molecular weight is 806 g/mol. The van der Waals surface area contributed by atoms with E-state index in [1.807, 2.05) is 0 Å². The summed E-state index contributed by atoms with van der Waals surface area (Å²) in [4.78, 5) is 38.7. The Kier molecular flexibility index (Phi) is 13.9. The van der Waals surface area contributed by atoms with Crippen molar-refractivity contribution in [1.29, 1.82) is 0 Å². The molecule has 2 aromatic carbocycles. The van der Waals surface area contributed by atoms with Gasteiger partial charge in [-0.3, -0.25) is 9.10 Å². The molecular formula is C34H36Cl2F2N2O12S. The molecule has 0 spiro atoms. The number of methoxy groups -OCH3 is 1. The molecule has 3 aromatic rings. The van der Waals surface area contributed by atoms with Crippen LogP contribution in [0.2, 0.25) is 10.0 Å². The molecule has 1 atom stereocenters. The molecule has 288 valence electrons.